The largest absolute Gasteiger partial charge is 0.508 e. The summed E-state index contributed by atoms with van der Waals surface area (Å²) in [5.41, 5.74) is 8.61. The van der Waals surface area contributed by atoms with Crippen molar-refractivity contribution in [1.82, 2.24) is 44.5 Å². The van der Waals surface area contributed by atoms with Crippen LogP contribution in [0.1, 0.15) is 167 Å². The van der Waals surface area contributed by atoms with E-state index in [2.05, 4.69) is 150 Å². The highest BCUT2D eigenvalue weighted by Crippen LogP contribution is 2.51. The second-order valence-corrected chi connectivity index (χ2v) is 34.3. The number of phenolic OH excluding ortho intramolecular Hbond substituents is 1. The van der Waals surface area contributed by atoms with E-state index in [0.29, 0.717) is 59.7 Å². The average molecular weight is 1330 g/mol. The van der Waals surface area contributed by atoms with Crippen LogP contribution in [-0.2, 0) is 49.9 Å². The van der Waals surface area contributed by atoms with Gasteiger partial charge in [0.25, 0.3) is 0 Å². The lowest BCUT2D eigenvalue weighted by Crippen LogP contribution is -2.66. The molecule has 6 fully saturated rings. The summed E-state index contributed by atoms with van der Waals surface area (Å²) in [6, 6.07) is 22.6. The smallest absolute Gasteiger partial charge is 0.227 e. The van der Waals surface area contributed by atoms with Gasteiger partial charge >= 0.3 is 0 Å². The number of likely N-dealkylation sites (N-methyl/N-ethyl adjacent to an activating group) is 6. The Morgan fingerprint density at radius 1 is 0.537 bits per heavy atom. The molecule has 0 saturated carbocycles. The van der Waals surface area contributed by atoms with Crippen molar-refractivity contribution in [3.8, 4) is 17.2 Å². The standard InChI is InChI=1S/C27H43N3O2.C26H41N3O2.C22H35N3O.C4H7ClO/c1-26(2,3)25(31)30-13-10-19(11-14-30)18-29(6)24-23-16-20-8-9-21(32-7)17-22(20)27(24,4)12-15-28(23)5;1-25(2,3)24(31)29-12-9-18(10-13-29)17-28(6)23-22-15-19-7-8-20(30)16-21(19)26(23,4)11-14-27(22)5;1-22-9-12-24(2)20(13-17-5-6-18(26-4)14-19(17)22)21(22)25(3)15-16-7-10-23-11-8-16;1-3(2)4(5)6/h8-9,17,19,23-24H,10-16,18H2,1-7H3;7-8,16,18,22-23,30H,9-15,17H2,1-6H3;5-6,14,16,20-21,23H,7-13,15H2,1-4H3;3H,1-2H3/t23-,24+,27-;22-,23+,26-;20-,21+,22-;/m111./s1. The van der Waals surface area contributed by atoms with Crippen molar-refractivity contribution in [3.05, 3.63) is 88.0 Å². The van der Waals surface area contributed by atoms with Gasteiger partial charge in [-0.1, -0.05) is 94.4 Å². The third kappa shape index (κ3) is 16.5. The zero-order valence-electron chi connectivity index (χ0n) is 62.4. The zero-order chi connectivity index (χ0) is 69.3. The minimum Gasteiger partial charge on any atom is -0.508 e. The number of aromatic hydroxyl groups is 1. The summed E-state index contributed by atoms with van der Waals surface area (Å²) in [6.45, 7) is 35.9. The number of fused-ring (bicyclic) bond motifs is 12. The molecule has 16 heteroatoms. The molecule has 9 atom stereocenters. The molecule has 0 radical (unpaired) electrons. The summed E-state index contributed by atoms with van der Waals surface area (Å²) in [5.74, 6) is 5.04. The van der Waals surface area contributed by atoms with Crippen molar-refractivity contribution in [2.24, 2.45) is 34.5 Å². The number of phenols is 1. The first-order valence-corrected chi connectivity index (χ1v) is 37.0. The van der Waals surface area contributed by atoms with Gasteiger partial charge in [-0.15, -0.1) is 0 Å². The minimum atomic E-state index is -0.290. The number of amides is 2. The Labute approximate surface area is 579 Å². The van der Waals surface area contributed by atoms with Crippen LogP contribution in [0.2, 0.25) is 0 Å². The lowest BCUT2D eigenvalue weighted by molar-refractivity contribution is -0.141. The monoisotopic (exact) mass is 1330 g/mol. The molecule has 3 aromatic rings. The van der Waals surface area contributed by atoms with Gasteiger partial charge in [0.15, 0.2) is 0 Å². The van der Waals surface area contributed by atoms with Crippen molar-refractivity contribution in [3.63, 3.8) is 0 Å². The van der Waals surface area contributed by atoms with Crippen molar-refractivity contribution in [2.75, 3.05) is 135 Å². The van der Waals surface area contributed by atoms with Crippen LogP contribution in [0.4, 0.5) is 0 Å². The number of hydrogen-bond donors (Lipinski definition) is 2. The fourth-order valence-electron chi connectivity index (χ4n) is 19.1. The third-order valence-electron chi connectivity index (χ3n) is 24.6. The number of piperidine rings is 6. The molecular weight excluding hydrogens is 1210 g/mol. The van der Waals surface area contributed by atoms with Crippen molar-refractivity contribution in [2.45, 2.75) is 206 Å². The van der Waals surface area contributed by atoms with Gasteiger partial charge in [0.1, 0.15) is 17.2 Å². The van der Waals surface area contributed by atoms with Crippen LogP contribution < -0.4 is 14.8 Å². The fraction of sp³-hybridized carbons (Fsp3) is 0.734. The Bertz CT molecular complexity index is 3090. The van der Waals surface area contributed by atoms with E-state index < -0.39 is 0 Å². The highest BCUT2D eigenvalue weighted by molar-refractivity contribution is 6.63. The molecule has 0 spiro atoms. The summed E-state index contributed by atoms with van der Waals surface area (Å²) in [6.07, 6.45) is 13.9. The van der Waals surface area contributed by atoms with E-state index in [1.165, 1.54) is 85.2 Å². The molecule has 12 rings (SSSR count). The summed E-state index contributed by atoms with van der Waals surface area (Å²) in [7, 11) is 17.5. The second kappa shape index (κ2) is 30.7. The molecule has 0 aromatic heterocycles. The van der Waals surface area contributed by atoms with Crippen LogP contribution >= 0.6 is 11.6 Å². The molecule has 9 aliphatic rings. The number of rotatable bonds is 12. The summed E-state index contributed by atoms with van der Waals surface area (Å²) in [4.78, 5) is 55.1. The average Bonchev–Trinajstić information content (AvgIpc) is 0.739. The maximum absolute atomic E-state index is 12.7. The SMILES string of the molecule is CC(C)C(=O)Cl.CN1CC[C@]2(C)c3cc(O)ccc3C[C@@H]1[C@@H]2N(C)CC1CCN(C(=O)C(C)(C)C)CC1.COc1ccc2c(c1)[C@@]1(C)CCN(C)[C@H](C2)[C@@H]1N(C)CC1CCN(C(=O)C(C)(C)C)CC1.COc1ccc2c(c1)[C@@]1(C)CCN(C)[C@H](C2)[C@@H]1N(C)CC1CCNCC1. The van der Waals surface area contributed by atoms with E-state index in [9.17, 15) is 19.5 Å². The number of benzene rings is 3. The van der Waals surface area contributed by atoms with Crippen molar-refractivity contribution >= 4 is 28.7 Å². The molecule has 6 heterocycles. The van der Waals surface area contributed by atoms with Gasteiger partial charge in [0.2, 0.25) is 17.1 Å². The first kappa shape index (κ1) is 74.9. The van der Waals surface area contributed by atoms with Crippen LogP contribution in [0.5, 0.6) is 17.2 Å². The molecule has 6 saturated heterocycles. The topological polar surface area (TPSA) is 128 Å². The quantitative estimate of drug-likeness (QED) is 0.167. The number of carbonyl (C=O) groups is 3. The number of halogens is 1. The van der Waals surface area contributed by atoms with Gasteiger partial charge in [-0.05, 0) is 251 Å². The lowest BCUT2D eigenvalue weighted by Gasteiger charge is -2.58. The molecule has 6 aliphatic heterocycles. The highest BCUT2D eigenvalue weighted by Gasteiger charge is 2.55. The Hall–Kier alpha value is -4.32. The zero-order valence-corrected chi connectivity index (χ0v) is 63.1. The molecular formula is C79H126ClN9O6. The molecule has 2 amide bonds. The van der Waals surface area contributed by atoms with Gasteiger partial charge in [-0.3, -0.25) is 14.4 Å². The number of nitrogens with one attached hydrogen (secondary N) is 1. The third-order valence-corrected chi connectivity index (χ3v) is 25.1. The number of carbonyl (C=O) groups excluding carboxylic acids is 3. The first-order chi connectivity index (χ1) is 44.7. The molecule has 95 heavy (non-hydrogen) atoms. The van der Waals surface area contributed by atoms with Crippen molar-refractivity contribution in [1.29, 1.82) is 0 Å². The van der Waals surface area contributed by atoms with Gasteiger partial charge in [0.05, 0.1) is 14.2 Å². The summed E-state index contributed by atoms with van der Waals surface area (Å²) < 4.78 is 11.2. The fourth-order valence-corrected chi connectivity index (χ4v) is 19.1. The maximum atomic E-state index is 12.7. The first-order valence-electron chi connectivity index (χ1n) is 36.6. The number of hydrogen-bond acceptors (Lipinski definition) is 13. The Morgan fingerprint density at radius 2 is 0.842 bits per heavy atom. The van der Waals surface area contributed by atoms with Crippen LogP contribution in [-0.4, -0.2) is 233 Å². The Balaban J connectivity index is 0.000000161. The van der Waals surface area contributed by atoms with E-state index >= 15 is 0 Å². The van der Waals surface area contributed by atoms with Crippen LogP contribution in [0.3, 0.4) is 0 Å². The van der Waals surface area contributed by atoms with E-state index in [1.54, 1.807) is 28.1 Å². The van der Waals surface area contributed by atoms with Gasteiger partial charge in [-0.2, -0.15) is 0 Å². The Kier molecular flexibility index (Phi) is 24.2. The minimum absolute atomic E-state index is 0.0216. The number of methoxy groups -OCH3 is 2. The molecule has 15 nitrogen and oxygen atoms in total. The van der Waals surface area contributed by atoms with Gasteiger partial charge < -0.3 is 59.1 Å². The van der Waals surface area contributed by atoms with Crippen LogP contribution in [0.15, 0.2) is 54.6 Å². The molecule has 6 bridgehead atoms. The van der Waals surface area contributed by atoms with Crippen molar-refractivity contribution < 1.29 is 29.0 Å². The molecule has 3 aliphatic carbocycles. The van der Waals surface area contributed by atoms with Crippen LogP contribution in [0, 0.1) is 34.5 Å². The predicted molar refractivity (Wildman–Crippen MR) is 388 cm³/mol. The predicted octanol–water partition coefficient (Wildman–Crippen LogP) is 11.2. The summed E-state index contributed by atoms with van der Waals surface area (Å²) >= 11 is 4.97. The highest BCUT2D eigenvalue weighted by atomic mass is 35.5. The van der Waals surface area contributed by atoms with E-state index in [1.807, 2.05) is 53.7 Å². The van der Waals surface area contributed by atoms with Gasteiger partial charge in [-0.25, -0.2) is 0 Å². The summed E-state index contributed by atoms with van der Waals surface area (Å²) in [5, 5.41) is 13.4. The normalized spacial score (nSPS) is 29.1. The second-order valence-electron chi connectivity index (χ2n) is 33.9. The molecule has 0 unspecified atom stereocenters. The van der Waals surface area contributed by atoms with E-state index in [4.69, 9.17) is 21.1 Å². The van der Waals surface area contributed by atoms with E-state index in [0.717, 1.165) is 121 Å². The van der Waals surface area contributed by atoms with Crippen LogP contribution in [0.25, 0.3) is 0 Å². The lowest BCUT2D eigenvalue weighted by atomic mass is 9.61. The number of ether oxygens (including phenoxy) is 2. The molecule has 530 valence electrons. The number of likely N-dealkylation sites (tertiary alicyclic amines) is 5. The van der Waals surface area contributed by atoms with Gasteiger partial charge in [0, 0.05) is 115 Å². The molecule has 2 N–H and O–H groups in total. The molecule has 3 aromatic carbocycles. The Morgan fingerprint density at radius 3 is 1.15 bits per heavy atom. The maximum Gasteiger partial charge on any atom is 0.227 e. The number of nitrogens with zero attached hydrogens (tertiary/aromatic N) is 8. The van der Waals surface area contributed by atoms with E-state index in [-0.39, 0.29) is 44.1 Å².